The lowest BCUT2D eigenvalue weighted by Crippen LogP contribution is -2.29. The molecule has 0 saturated heterocycles. The van der Waals surface area contributed by atoms with Crippen LogP contribution in [0.15, 0.2) is 0 Å². The molecule has 84 valence electrons. The average Bonchev–Trinajstić information content (AvgIpc) is 2.99. The fourth-order valence-corrected chi connectivity index (χ4v) is 1.77. The van der Waals surface area contributed by atoms with E-state index in [1.54, 1.807) is 0 Å². The van der Waals surface area contributed by atoms with Crippen molar-refractivity contribution in [2.24, 2.45) is 5.92 Å². The monoisotopic (exact) mass is 198 g/mol. The van der Waals surface area contributed by atoms with Crippen LogP contribution in [-0.4, -0.2) is 37.6 Å². The summed E-state index contributed by atoms with van der Waals surface area (Å²) in [6.07, 6.45) is 5.51. The van der Waals surface area contributed by atoms with Crippen molar-refractivity contribution in [3.8, 4) is 0 Å². The standard InChI is InChI=1S/C12H26N2/c1-3-8-13-9-5-10-14(4-2)11-12-6-7-12/h12-13H,3-11H2,1-2H3. The Hall–Kier alpha value is -0.0800. The normalized spacial score (nSPS) is 16.5. The van der Waals surface area contributed by atoms with E-state index in [1.807, 2.05) is 0 Å². The number of hydrogen-bond acceptors (Lipinski definition) is 2. The SMILES string of the molecule is CCCNCCCN(CC)CC1CC1. The van der Waals surface area contributed by atoms with Crippen LogP contribution in [0.5, 0.6) is 0 Å². The van der Waals surface area contributed by atoms with Crippen molar-refractivity contribution in [2.45, 2.75) is 39.5 Å². The molecule has 0 aromatic rings. The van der Waals surface area contributed by atoms with Gasteiger partial charge in [0.05, 0.1) is 0 Å². The minimum absolute atomic E-state index is 1.04. The highest BCUT2D eigenvalue weighted by molar-refractivity contribution is 4.76. The van der Waals surface area contributed by atoms with Crippen LogP contribution in [0.2, 0.25) is 0 Å². The molecular weight excluding hydrogens is 172 g/mol. The molecule has 1 aliphatic rings. The number of nitrogens with one attached hydrogen (secondary N) is 1. The second-order valence-electron chi connectivity index (χ2n) is 4.44. The lowest BCUT2D eigenvalue weighted by atomic mass is 10.3. The Balaban J connectivity index is 1.90. The van der Waals surface area contributed by atoms with Crippen LogP contribution in [0.3, 0.4) is 0 Å². The van der Waals surface area contributed by atoms with Crippen molar-refractivity contribution in [1.82, 2.24) is 10.2 Å². The minimum atomic E-state index is 1.04. The third kappa shape index (κ3) is 5.61. The summed E-state index contributed by atoms with van der Waals surface area (Å²) >= 11 is 0. The molecule has 0 heterocycles. The molecule has 0 spiro atoms. The van der Waals surface area contributed by atoms with Crippen molar-refractivity contribution in [2.75, 3.05) is 32.7 Å². The summed E-state index contributed by atoms with van der Waals surface area (Å²) in [5.74, 6) is 1.04. The summed E-state index contributed by atoms with van der Waals surface area (Å²) < 4.78 is 0. The molecule has 2 nitrogen and oxygen atoms in total. The zero-order valence-electron chi connectivity index (χ0n) is 9.89. The molecule has 1 fully saturated rings. The molecule has 1 aliphatic carbocycles. The van der Waals surface area contributed by atoms with Crippen molar-refractivity contribution < 1.29 is 0 Å². The van der Waals surface area contributed by atoms with Crippen LogP contribution in [0.25, 0.3) is 0 Å². The Kier molecular flexibility index (Phi) is 6.20. The highest BCUT2D eigenvalue weighted by Crippen LogP contribution is 2.29. The summed E-state index contributed by atoms with van der Waals surface area (Å²) in [5.41, 5.74) is 0. The molecular formula is C12H26N2. The van der Waals surface area contributed by atoms with Gasteiger partial charge in [-0.3, -0.25) is 0 Å². The molecule has 0 amide bonds. The molecule has 14 heavy (non-hydrogen) atoms. The summed E-state index contributed by atoms with van der Waals surface area (Å²) in [6, 6.07) is 0. The molecule has 1 N–H and O–H groups in total. The maximum Gasteiger partial charge on any atom is 0.000955 e. The second kappa shape index (κ2) is 7.24. The highest BCUT2D eigenvalue weighted by atomic mass is 15.1. The summed E-state index contributed by atoms with van der Waals surface area (Å²) in [7, 11) is 0. The minimum Gasteiger partial charge on any atom is -0.317 e. The van der Waals surface area contributed by atoms with Crippen molar-refractivity contribution in [3.05, 3.63) is 0 Å². The topological polar surface area (TPSA) is 15.3 Å². The van der Waals surface area contributed by atoms with E-state index < -0.39 is 0 Å². The van der Waals surface area contributed by atoms with E-state index in [-0.39, 0.29) is 0 Å². The molecule has 0 aliphatic heterocycles. The second-order valence-corrected chi connectivity index (χ2v) is 4.44. The third-order valence-corrected chi connectivity index (χ3v) is 2.92. The Labute approximate surface area is 89.1 Å². The van der Waals surface area contributed by atoms with Gasteiger partial charge >= 0.3 is 0 Å². The molecule has 0 radical (unpaired) electrons. The van der Waals surface area contributed by atoms with Crippen molar-refractivity contribution >= 4 is 0 Å². The zero-order chi connectivity index (χ0) is 10.2. The Morgan fingerprint density at radius 2 is 2.00 bits per heavy atom. The van der Waals surface area contributed by atoms with Crippen LogP contribution in [0.1, 0.15) is 39.5 Å². The van der Waals surface area contributed by atoms with Gasteiger partial charge in [-0.25, -0.2) is 0 Å². The van der Waals surface area contributed by atoms with Gasteiger partial charge in [0.1, 0.15) is 0 Å². The van der Waals surface area contributed by atoms with Crippen LogP contribution in [0.4, 0.5) is 0 Å². The molecule has 2 heteroatoms. The average molecular weight is 198 g/mol. The first-order valence-corrected chi connectivity index (χ1v) is 6.29. The van der Waals surface area contributed by atoms with Crippen LogP contribution >= 0.6 is 0 Å². The third-order valence-electron chi connectivity index (χ3n) is 2.92. The van der Waals surface area contributed by atoms with Crippen LogP contribution in [0, 0.1) is 5.92 Å². The van der Waals surface area contributed by atoms with Gasteiger partial charge in [-0.1, -0.05) is 13.8 Å². The highest BCUT2D eigenvalue weighted by Gasteiger charge is 2.23. The predicted molar refractivity (Wildman–Crippen MR) is 62.6 cm³/mol. The fraction of sp³-hybridized carbons (Fsp3) is 1.00. The quantitative estimate of drug-likeness (QED) is 0.571. The van der Waals surface area contributed by atoms with Gasteiger partial charge in [-0.05, 0) is 57.8 Å². The van der Waals surface area contributed by atoms with Gasteiger partial charge in [-0.15, -0.1) is 0 Å². The van der Waals surface area contributed by atoms with Gasteiger partial charge < -0.3 is 10.2 Å². The Bertz CT molecular complexity index is 132. The van der Waals surface area contributed by atoms with Crippen molar-refractivity contribution in [1.29, 1.82) is 0 Å². The number of rotatable bonds is 9. The van der Waals surface area contributed by atoms with E-state index in [2.05, 4.69) is 24.1 Å². The largest absolute Gasteiger partial charge is 0.317 e. The molecule has 0 unspecified atom stereocenters. The molecule has 1 saturated carbocycles. The lowest BCUT2D eigenvalue weighted by molar-refractivity contribution is 0.272. The van der Waals surface area contributed by atoms with Gasteiger partial charge in [0, 0.05) is 6.54 Å². The first-order valence-electron chi connectivity index (χ1n) is 6.29. The van der Waals surface area contributed by atoms with Crippen LogP contribution in [-0.2, 0) is 0 Å². The van der Waals surface area contributed by atoms with Crippen LogP contribution < -0.4 is 5.32 Å². The van der Waals surface area contributed by atoms with Gasteiger partial charge in [0.25, 0.3) is 0 Å². The summed E-state index contributed by atoms with van der Waals surface area (Å²) in [5, 5.41) is 3.46. The first kappa shape index (κ1) is 12.0. The maximum atomic E-state index is 3.46. The van der Waals surface area contributed by atoms with Gasteiger partial charge in [0.15, 0.2) is 0 Å². The Morgan fingerprint density at radius 3 is 2.57 bits per heavy atom. The number of hydrogen-bond donors (Lipinski definition) is 1. The lowest BCUT2D eigenvalue weighted by Gasteiger charge is -2.19. The van der Waals surface area contributed by atoms with E-state index in [1.165, 1.54) is 58.4 Å². The zero-order valence-corrected chi connectivity index (χ0v) is 9.89. The molecule has 0 atom stereocenters. The summed E-state index contributed by atoms with van der Waals surface area (Å²) in [6.45, 7) is 10.7. The van der Waals surface area contributed by atoms with Crippen molar-refractivity contribution in [3.63, 3.8) is 0 Å². The van der Waals surface area contributed by atoms with E-state index >= 15 is 0 Å². The predicted octanol–water partition coefficient (Wildman–Crippen LogP) is 2.11. The van der Waals surface area contributed by atoms with E-state index in [0.717, 1.165) is 5.92 Å². The Morgan fingerprint density at radius 1 is 1.21 bits per heavy atom. The van der Waals surface area contributed by atoms with E-state index in [0.29, 0.717) is 0 Å². The number of nitrogens with zero attached hydrogens (tertiary/aromatic N) is 1. The van der Waals surface area contributed by atoms with Gasteiger partial charge in [-0.2, -0.15) is 0 Å². The fourth-order valence-electron chi connectivity index (χ4n) is 1.77. The first-order chi connectivity index (χ1) is 6.86. The summed E-state index contributed by atoms with van der Waals surface area (Å²) in [4.78, 5) is 2.60. The molecule has 0 aromatic heterocycles. The molecule has 0 aromatic carbocycles. The van der Waals surface area contributed by atoms with E-state index in [9.17, 15) is 0 Å². The van der Waals surface area contributed by atoms with Gasteiger partial charge in [0.2, 0.25) is 0 Å². The van der Waals surface area contributed by atoms with E-state index in [4.69, 9.17) is 0 Å². The maximum absolute atomic E-state index is 3.46. The molecule has 0 bridgehead atoms. The molecule has 1 rings (SSSR count). The smallest absolute Gasteiger partial charge is 0.000955 e.